The van der Waals surface area contributed by atoms with Gasteiger partial charge >= 0.3 is 0 Å². The van der Waals surface area contributed by atoms with Gasteiger partial charge in [0.2, 0.25) is 0 Å². The zero-order chi connectivity index (χ0) is 10.7. The fourth-order valence-electron chi connectivity index (χ4n) is 2.03. The average molecular weight is 206 g/mol. The van der Waals surface area contributed by atoms with E-state index in [1.807, 2.05) is 12.1 Å². The zero-order valence-electron chi connectivity index (χ0n) is 9.11. The number of nitrogens with one attached hydrogen (secondary N) is 1. The summed E-state index contributed by atoms with van der Waals surface area (Å²) in [5.74, 6) is 1.46. The van der Waals surface area contributed by atoms with Crippen molar-refractivity contribution in [2.24, 2.45) is 0 Å². The Bertz CT molecular complexity index is 326. The molecule has 1 atom stereocenters. The number of nitrogens with zero attached hydrogens (tertiary/aromatic N) is 2. The van der Waals surface area contributed by atoms with Crippen molar-refractivity contribution in [1.82, 2.24) is 9.88 Å². The molecular formula is C11H18N4. The number of piperidine rings is 1. The zero-order valence-corrected chi connectivity index (χ0v) is 9.11. The Kier molecular flexibility index (Phi) is 3.06. The Labute approximate surface area is 90.5 Å². The van der Waals surface area contributed by atoms with Crippen LogP contribution >= 0.6 is 0 Å². The van der Waals surface area contributed by atoms with Crippen molar-refractivity contribution in [2.75, 3.05) is 31.2 Å². The minimum atomic E-state index is 0.498. The third-order valence-electron chi connectivity index (χ3n) is 2.75. The van der Waals surface area contributed by atoms with E-state index in [0.717, 1.165) is 12.4 Å². The summed E-state index contributed by atoms with van der Waals surface area (Å²) in [6, 6.07) is 6.19. The molecule has 0 radical (unpaired) electrons. The van der Waals surface area contributed by atoms with Crippen LogP contribution in [0.1, 0.15) is 12.8 Å². The second kappa shape index (κ2) is 4.49. The van der Waals surface area contributed by atoms with Crippen LogP contribution < -0.4 is 11.1 Å². The topological polar surface area (TPSA) is 54.2 Å². The van der Waals surface area contributed by atoms with E-state index in [2.05, 4.69) is 22.2 Å². The molecule has 1 aromatic rings. The first kappa shape index (κ1) is 10.2. The molecule has 1 saturated heterocycles. The monoisotopic (exact) mass is 206 g/mol. The molecular weight excluding hydrogens is 188 g/mol. The molecule has 0 aliphatic carbocycles. The van der Waals surface area contributed by atoms with Crippen LogP contribution in [0.5, 0.6) is 0 Å². The van der Waals surface area contributed by atoms with E-state index in [4.69, 9.17) is 5.73 Å². The van der Waals surface area contributed by atoms with E-state index in [1.165, 1.54) is 19.4 Å². The predicted molar refractivity (Wildman–Crippen MR) is 62.8 cm³/mol. The first-order valence-electron chi connectivity index (χ1n) is 5.41. The summed E-state index contributed by atoms with van der Waals surface area (Å²) in [7, 11) is 2.15. The fourth-order valence-corrected chi connectivity index (χ4v) is 2.03. The van der Waals surface area contributed by atoms with Crippen molar-refractivity contribution in [1.29, 1.82) is 0 Å². The first-order chi connectivity index (χ1) is 7.24. The van der Waals surface area contributed by atoms with E-state index >= 15 is 0 Å². The third kappa shape index (κ3) is 2.83. The molecule has 4 nitrogen and oxygen atoms in total. The summed E-state index contributed by atoms with van der Waals surface area (Å²) < 4.78 is 0. The minimum Gasteiger partial charge on any atom is -0.384 e. The van der Waals surface area contributed by atoms with Gasteiger partial charge < -0.3 is 16.0 Å². The smallest absolute Gasteiger partial charge is 0.128 e. The summed E-state index contributed by atoms with van der Waals surface area (Å²) in [5, 5.41) is 3.42. The van der Waals surface area contributed by atoms with Crippen LogP contribution in [0.25, 0.3) is 0 Å². The van der Waals surface area contributed by atoms with Crippen molar-refractivity contribution in [3.63, 3.8) is 0 Å². The number of hydrogen-bond donors (Lipinski definition) is 2. The molecule has 0 bridgehead atoms. The molecule has 15 heavy (non-hydrogen) atoms. The summed E-state index contributed by atoms with van der Waals surface area (Å²) in [5.41, 5.74) is 5.63. The molecule has 1 fully saturated rings. The van der Waals surface area contributed by atoms with Crippen molar-refractivity contribution >= 4 is 11.6 Å². The first-order valence-corrected chi connectivity index (χ1v) is 5.41. The fraction of sp³-hybridized carbons (Fsp3) is 0.545. The van der Waals surface area contributed by atoms with Crippen molar-refractivity contribution in [3.8, 4) is 0 Å². The number of aromatic nitrogens is 1. The highest BCUT2D eigenvalue weighted by Gasteiger charge is 2.16. The van der Waals surface area contributed by atoms with Crippen LogP contribution in [0.4, 0.5) is 11.6 Å². The summed E-state index contributed by atoms with van der Waals surface area (Å²) in [4.78, 5) is 6.58. The van der Waals surface area contributed by atoms with Crippen molar-refractivity contribution in [2.45, 2.75) is 18.9 Å². The normalized spacial score (nSPS) is 22.6. The largest absolute Gasteiger partial charge is 0.384 e. The van der Waals surface area contributed by atoms with E-state index in [0.29, 0.717) is 11.9 Å². The van der Waals surface area contributed by atoms with Gasteiger partial charge in [-0.3, -0.25) is 0 Å². The number of pyridine rings is 1. The summed E-state index contributed by atoms with van der Waals surface area (Å²) in [6.45, 7) is 2.28. The molecule has 2 heterocycles. The lowest BCUT2D eigenvalue weighted by Gasteiger charge is -2.30. The average Bonchev–Trinajstić information content (AvgIpc) is 2.17. The molecule has 1 aliphatic heterocycles. The number of nitrogen functional groups attached to an aromatic ring is 1. The molecule has 4 heteroatoms. The molecule has 1 unspecified atom stereocenters. The SMILES string of the molecule is CN1CCCC(Nc2cccc(N)n2)C1. The number of likely N-dealkylation sites (tertiary alicyclic amines) is 1. The highest BCUT2D eigenvalue weighted by molar-refractivity contribution is 5.42. The van der Waals surface area contributed by atoms with Gasteiger partial charge in [-0.15, -0.1) is 0 Å². The quantitative estimate of drug-likeness (QED) is 0.762. The van der Waals surface area contributed by atoms with Gasteiger partial charge in [0.15, 0.2) is 0 Å². The van der Waals surface area contributed by atoms with Gasteiger partial charge in [-0.2, -0.15) is 0 Å². The molecule has 1 aromatic heterocycles. The highest BCUT2D eigenvalue weighted by Crippen LogP contribution is 2.14. The Morgan fingerprint density at radius 2 is 2.40 bits per heavy atom. The maximum absolute atomic E-state index is 5.63. The van der Waals surface area contributed by atoms with Gasteiger partial charge in [0.25, 0.3) is 0 Å². The van der Waals surface area contributed by atoms with Gasteiger partial charge in [-0.05, 0) is 38.6 Å². The standard InChI is InChI=1S/C11H18N4/c1-15-7-3-4-9(8-15)13-11-6-2-5-10(12)14-11/h2,5-6,9H,3-4,7-8H2,1H3,(H3,12,13,14). The number of rotatable bonds is 2. The van der Waals surface area contributed by atoms with Gasteiger partial charge in [0.1, 0.15) is 11.6 Å². The molecule has 2 rings (SSSR count). The molecule has 3 N–H and O–H groups in total. The Hall–Kier alpha value is -1.29. The maximum atomic E-state index is 5.63. The van der Waals surface area contributed by atoms with Crippen LogP contribution in [0, 0.1) is 0 Å². The van der Waals surface area contributed by atoms with Crippen molar-refractivity contribution < 1.29 is 0 Å². The van der Waals surface area contributed by atoms with Crippen LogP contribution in [-0.4, -0.2) is 36.1 Å². The lowest BCUT2D eigenvalue weighted by atomic mass is 10.1. The lowest BCUT2D eigenvalue weighted by molar-refractivity contribution is 0.261. The number of hydrogen-bond acceptors (Lipinski definition) is 4. The molecule has 82 valence electrons. The Balaban J connectivity index is 1.96. The Morgan fingerprint density at radius 3 is 3.13 bits per heavy atom. The molecule has 0 aromatic carbocycles. The molecule has 0 saturated carbocycles. The maximum Gasteiger partial charge on any atom is 0.128 e. The highest BCUT2D eigenvalue weighted by atomic mass is 15.2. The number of anilines is 2. The second-order valence-corrected chi connectivity index (χ2v) is 4.19. The Morgan fingerprint density at radius 1 is 1.53 bits per heavy atom. The third-order valence-corrected chi connectivity index (χ3v) is 2.75. The van der Waals surface area contributed by atoms with E-state index in [1.54, 1.807) is 6.07 Å². The van der Waals surface area contributed by atoms with Gasteiger partial charge in [-0.25, -0.2) is 4.98 Å². The summed E-state index contributed by atoms with van der Waals surface area (Å²) in [6.07, 6.45) is 2.46. The van der Waals surface area contributed by atoms with Crippen LogP contribution in [-0.2, 0) is 0 Å². The molecule has 1 aliphatic rings. The van der Waals surface area contributed by atoms with Gasteiger partial charge in [0.05, 0.1) is 0 Å². The van der Waals surface area contributed by atoms with Crippen LogP contribution in [0.3, 0.4) is 0 Å². The van der Waals surface area contributed by atoms with Gasteiger partial charge in [-0.1, -0.05) is 6.07 Å². The van der Waals surface area contributed by atoms with Crippen molar-refractivity contribution in [3.05, 3.63) is 18.2 Å². The van der Waals surface area contributed by atoms with Crippen LogP contribution in [0.15, 0.2) is 18.2 Å². The molecule has 0 amide bonds. The molecule has 0 spiro atoms. The van der Waals surface area contributed by atoms with E-state index in [-0.39, 0.29) is 0 Å². The lowest BCUT2D eigenvalue weighted by Crippen LogP contribution is -2.39. The second-order valence-electron chi connectivity index (χ2n) is 4.19. The predicted octanol–water partition coefficient (Wildman–Crippen LogP) is 1.17. The summed E-state index contributed by atoms with van der Waals surface area (Å²) >= 11 is 0. The van der Waals surface area contributed by atoms with E-state index < -0.39 is 0 Å². The minimum absolute atomic E-state index is 0.498. The van der Waals surface area contributed by atoms with Gasteiger partial charge in [0, 0.05) is 12.6 Å². The number of nitrogens with two attached hydrogens (primary N) is 1. The van der Waals surface area contributed by atoms with E-state index in [9.17, 15) is 0 Å². The number of likely N-dealkylation sites (N-methyl/N-ethyl adjacent to an activating group) is 1. The van der Waals surface area contributed by atoms with Crippen LogP contribution in [0.2, 0.25) is 0 Å².